The summed E-state index contributed by atoms with van der Waals surface area (Å²) in [5, 5.41) is 3.29. The Morgan fingerprint density at radius 2 is 1.60 bits per heavy atom. The van der Waals surface area contributed by atoms with Gasteiger partial charge in [-0.1, -0.05) is 86.5 Å². The van der Waals surface area contributed by atoms with Gasteiger partial charge in [0.1, 0.15) is 12.6 Å². The van der Waals surface area contributed by atoms with E-state index in [4.69, 9.17) is 11.6 Å². The van der Waals surface area contributed by atoms with Gasteiger partial charge in [0.2, 0.25) is 11.8 Å². The highest BCUT2D eigenvalue weighted by Gasteiger charge is 2.34. The van der Waals surface area contributed by atoms with Crippen LogP contribution in [-0.4, -0.2) is 50.8 Å². The molecule has 2 amide bonds. The van der Waals surface area contributed by atoms with Gasteiger partial charge in [0, 0.05) is 18.1 Å². The van der Waals surface area contributed by atoms with Crippen LogP contribution < -0.4 is 9.62 Å². The summed E-state index contributed by atoms with van der Waals surface area (Å²) in [4.78, 5) is 28.9. The van der Waals surface area contributed by atoms with Crippen molar-refractivity contribution in [2.45, 2.75) is 57.4 Å². The number of hydrogen-bond acceptors (Lipinski definition) is 4. The second-order valence-electron chi connectivity index (χ2n) is 9.65. The average molecular weight is 584 g/mol. The van der Waals surface area contributed by atoms with E-state index in [2.05, 4.69) is 5.32 Å². The van der Waals surface area contributed by atoms with Crippen molar-refractivity contribution >= 4 is 39.1 Å². The quantitative estimate of drug-likeness (QED) is 0.250. The summed E-state index contributed by atoms with van der Waals surface area (Å²) >= 11 is 6.28. The molecule has 0 saturated carbocycles. The van der Waals surface area contributed by atoms with Gasteiger partial charge in [-0.25, -0.2) is 8.42 Å². The van der Waals surface area contributed by atoms with E-state index in [1.807, 2.05) is 44.2 Å². The lowest BCUT2D eigenvalue weighted by Crippen LogP contribution is -2.53. The summed E-state index contributed by atoms with van der Waals surface area (Å²) in [5.74, 6) is -0.707. The Labute approximate surface area is 243 Å². The van der Waals surface area contributed by atoms with Crippen molar-refractivity contribution in [1.82, 2.24) is 10.2 Å². The number of carbonyl (C=O) groups excluding carboxylic acids is 2. The van der Waals surface area contributed by atoms with Crippen molar-refractivity contribution in [3.63, 3.8) is 0 Å². The first kappa shape index (κ1) is 31.2. The van der Waals surface area contributed by atoms with Crippen LogP contribution in [0.25, 0.3) is 0 Å². The molecule has 40 heavy (non-hydrogen) atoms. The molecule has 214 valence electrons. The third kappa shape index (κ3) is 8.08. The van der Waals surface area contributed by atoms with Gasteiger partial charge < -0.3 is 10.2 Å². The molecule has 0 spiro atoms. The van der Waals surface area contributed by atoms with Crippen molar-refractivity contribution in [2.24, 2.45) is 0 Å². The molecule has 0 fully saturated rings. The van der Waals surface area contributed by atoms with E-state index in [1.165, 1.54) is 17.0 Å². The minimum absolute atomic E-state index is 0.0577. The van der Waals surface area contributed by atoms with Crippen LogP contribution in [-0.2, 0) is 26.0 Å². The van der Waals surface area contributed by atoms with E-state index >= 15 is 0 Å². The molecule has 0 bridgehead atoms. The van der Waals surface area contributed by atoms with Crippen molar-refractivity contribution in [1.29, 1.82) is 0 Å². The third-order valence-corrected chi connectivity index (χ3v) is 8.76. The summed E-state index contributed by atoms with van der Waals surface area (Å²) in [7, 11) is -4.13. The van der Waals surface area contributed by atoms with Crippen LogP contribution in [0.4, 0.5) is 5.69 Å². The molecule has 0 unspecified atom stereocenters. The van der Waals surface area contributed by atoms with Crippen molar-refractivity contribution in [3.05, 3.63) is 95.0 Å². The standard InChI is InChI=1S/C31H38ClN3O4S/c1-4-6-20-33-31(37)28(5-2)34(21-19-25-13-9-7-10-14-25)30(36)23-35(29-22-26(32)18-17-24(29)3)40(38,39)27-15-11-8-12-16-27/h7-18,22,28H,4-6,19-21,23H2,1-3H3,(H,33,37)/t28-/m0/s1. The van der Waals surface area contributed by atoms with Crippen molar-refractivity contribution in [3.8, 4) is 0 Å². The van der Waals surface area contributed by atoms with Crippen molar-refractivity contribution in [2.75, 3.05) is 23.9 Å². The third-order valence-electron chi connectivity index (χ3n) is 6.75. The second-order valence-corrected chi connectivity index (χ2v) is 11.9. The van der Waals surface area contributed by atoms with Gasteiger partial charge in [-0.05, 0) is 61.6 Å². The van der Waals surface area contributed by atoms with E-state index in [1.54, 1.807) is 43.3 Å². The summed E-state index contributed by atoms with van der Waals surface area (Å²) in [6.07, 6.45) is 2.67. The normalized spacial score (nSPS) is 12.0. The fourth-order valence-corrected chi connectivity index (χ4v) is 6.14. The Morgan fingerprint density at radius 1 is 0.950 bits per heavy atom. The lowest BCUT2D eigenvalue weighted by Gasteiger charge is -2.33. The Hall–Kier alpha value is -3.36. The monoisotopic (exact) mass is 583 g/mol. The molecule has 0 radical (unpaired) electrons. The predicted molar refractivity (Wildman–Crippen MR) is 161 cm³/mol. The van der Waals surface area contributed by atoms with Crippen LogP contribution in [0.3, 0.4) is 0 Å². The Balaban J connectivity index is 2.01. The van der Waals surface area contributed by atoms with Crippen LogP contribution in [0, 0.1) is 6.92 Å². The molecule has 3 aromatic carbocycles. The summed E-state index contributed by atoms with van der Waals surface area (Å²) in [6, 6.07) is 21.9. The number of anilines is 1. The molecule has 0 aliphatic carbocycles. The SMILES string of the molecule is CCCCNC(=O)[C@H](CC)N(CCc1ccccc1)C(=O)CN(c1cc(Cl)ccc1C)S(=O)(=O)c1ccccc1. The van der Waals surface area contributed by atoms with Gasteiger partial charge in [0.15, 0.2) is 0 Å². The number of hydrogen-bond donors (Lipinski definition) is 1. The molecule has 3 aromatic rings. The van der Waals surface area contributed by atoms with Gasteiger partial charge in [-0.3, -0.25) is 13.9 Å². The number of benzene rings is 3. The fourth-order valence-electron chi connectivity index (χ4n) is 4.49. The zero-order chi connectivity index (χ0) is 29.1. The summed E-state index contributed by atoms with van der Waals surface area (Å²) in [5.41, 5.74) is 1.98. The maximum atomic E-state index is 14.1. The number of sulfonamides is 1. The van der Waals surface area contributed by atoms with Crippen LogP contribution in [0.1, 0.15) is 44.2 Å². The lowest BCUT2D eigenvalue weighted by molar-refractivity contribution is -0.139. The first-order valence-electron chi connectivity index (χ1n) is 13.6. The maximum absolute atomic E-state index is 14.1. The van der Waals surface area contributed by atoms with Gasteiger partial charge in [-0.15, -0.1) is 0 Å². The lowest BCUT2D eigenvalue weighted by atomic mass is 10.1. The number of nitrogens with zero attached hydrogens (tertiary/aromatic N) is 2. The first-order valence-corrected chi connectivity index (χ1v) is 15.5. The van der Waals surface area contributed by atoms with E-state index in [0.717, 1.165) is 22.7 Å². The zero-order valence-corrected chi connectivity index (χ0v) is 24.9. The molecule has 1 atom stereocenters. The highest BCUT2D eigenvalue weighted by atomic mass is 35.5. The molecule has 0 saturated heterocycles. The zero-order valence-electron chi connectivity index (χ0n) is 23.3. The molecule has 0 aromatic heterocycles. The van der Waals surface area contributed by atoms with Crippen molar-refractivity contribution < 1.29 is 18.0 Å². The van der Waals surface area contributed by atoms with E-state index in [-0.39, 0.29) is 17.3 Å². The van der Waals surface area contributed by atoms with E-state index < -0.39 is 28.5 Å². The molecule has 1 N–H and O–H groups in total. The molecule has 9 heteroatoms. The Morgan fingerprint density at radius 3 is 2.23 bits per heavy atom. The second kappa shape index (κ2) is 14.9. The smallest absolute Gasteiger partial charge is 0.264 e. The Bertz CT molecular complexity index is 1370. The van der Waals surface area contributed by atoms with Crippen LogP contribution in [0.2, 0.25) is 5.02 Å². The summed E-state index contributed by atoms with van der Waals surface area (Å²) < 4.78 is 28.9. The molecule has 7 nitrogen and oxygen atoms in total. The highest BCUT2D eigenvalue weighted by molar-refractivity contribution is 7.92. The minimum atomic E-state index is -4.13. The molecule has 0 aliphatic heterocycles. The van der Waals surface area contributed by atoms with Gasteiger partial charge in [0.05, 0.1) is 10.6 Å². The van der Waals surface area contributed by atoms with E-state index in [0.29, 0.717) is 35.7 Å². The largest absolute Gasteiger partial charge is 0.354 e. The van der Waals surface area contributed by atoms with Crippen LogP contribution >= 0.6 is 11.6 Å². The van der Waals surface area contributed by atoms with Gasteiger partial charge in [0.25, 0.3) is 10.0 Å². The molecule has 0 aliphatic rings. The maximum Gasteiger partial charge on any atom is 0.264 e. The van der Waals surface area contributed by atoms with E-state index in [9.17, 15) is 18.0 Å². The highest BCUT2D eigenvalue weighted by Crippen LogP contribution is 2.30. The topological polar surface area (TPSA) is 86.8 Å². The van der Waals surface area contributed by atoms with Crippen LogP contribution in [0.15, 0.2) is 83.8 Å². The Kier molecular flexibility index (Phi) is 11.6. The molecular formula is C31H38ClN3O4S. The number of carbonyl (C=O) groups is 2. The number of rotatable bonds is 14. The first-order chi connectivity index (χ1) is 19.2. The molecular weight excluding hydrogens is 546 g/mol. The van der Waals surface area contributed by atoms with Gasteiger partial charge >= 0.3 is 0 Å². The number of amides is 2. The summed E-state index contributed by atoms with van der Waals surface area (Å²) in [6.45, 7) is 5.96. The molecule has 0 heterocycles. The van der Waals surface area contributed by atoms with Crippen LogP contribution in [0.5, 0.6) is 0 Å². The molecule has 3 rings (SSSR count). The number of nitrogens with one attached hydrogen (secondary N) is 1. The minimum Gasteiger partial charge on any atom is -0.354 e. The number of aryl methyl sites for hydroxylation is 1. The number of halogens is 1. The number of unbranched alkanes of at least 4 members (excludes halogenated alkanes) is 1. The fraction of sp³-hybridized carbons (Fsp3) is 0.355. The average Bonchev–Trinajstić information content (AvgIpc) is 2.96. The predicted octanol–water partition coefficient (Wildman–Crippen LogP) is 5.61. The van der Waals surface area contributed by atoms with Gasteiger partial charge in [-0.2, -0.15) is 0 Å².